The van der Waals surface area contributed by atoms with E-state index in [-0.39, 0.29) is 11.7 Å². The molecule has 0 N–H and O–H groups in total. The summed E-state index contributed by atoms with van der Waals surface area (Å²) in [7, 11) is 0. The minimum atomic E-state index is -0.0383. The van der Waals surface area contributed by atoms with Crippen molar-refractivity contribution in [3.8, 4) is 11.8 Å². The van der Waals surface area contributed by atoms with Gasteiger partial charge in [0.1, 0.15) is 0 Å². The summed E-state index contributed by atoms with van der Waals surface area (Å²) in [5.41, 5.74) is 4.41. The topological polar surface area (TPSA) is 45.8 Å². The molecule has 24 heavy (non-hydrogen) atoms. The Bertz CT molecular complexity index is 794. The van der Waals surface area contributed by atoms with E-state index in [2.05, 4.69) is 17.6 Å². The zero-order valence-corrected chi connectivity index (χ0v) is 14.8. The van der Waals surface area contributed by atoms with Gasteiger partial charge in [-0.1, -0.05) is 13.3 Å². The Balaban J connectivity index is 2.11. The van der Waals surface area contributed by atoms with E-state index < -0.39 is 0 Å². The lowest BCUT2D eigenvalue weighted by atomic mass is 9.75. The molecule has 1 saturated carbocycles. The van der Waals surface area contributed by atoms with Crippen LogP contribution in [0.15, 0.2) is 30.3 Å². The number of hydrogen-bond donors (Lipinski definition) is 0. The number of nitriles is 1. The summed E-state index contributed by atoms with van der Waals surface area (Å²) in [4.78, 5) is 12.2. The van der Waals surface area contributed by atoms with Gasteiger partial charge >= 0.3 is 0 Å². The maximum atomic E-state index is 12.2. The molecule has 1 aromatic heterocycles. The molecular weight excluding hydrogens is 320 g/mol. The van der Waals surface area contributed by atoms with Crippen molar-refractivity contribution in [3.63, 3.8) is 0 Å². The smallest absolute Gasteiger partial charge is 0.179 e. The van der Waals surface area contributed by atoms with Crippen LogP contribution in [-0.2, 0) is 0 Å². The van der Waals surface area contributed by atoms with Gasteiger partial charge in [0.25, 0.3) is 0 Å². The summed E-state index contributed by atoms with van der Waals surface area (Å²) < 4.78 is 2.16. The van der Waals surface area contributed by atoms with Crippen molar-refractivity contribution in [3.05, 3.63) is 52.8 Å². The highest BCUT2D eigenvalue weighted by Gasteiger charge is 2.29. The van der Waals surface area contributed by atoms with Crippen molar-refractivity contribution in [2.24, 2.45) is 5.92 Å². The number of carbonyl (C=O) groups is 1. The van der Waals surface area contributed by atoms with Crippen LogP contribution in [0.5, 0.6) is 0 Å². The second-order valence-electron chi connectivity index (χ2n) is 6.60. The molecule has 0 radical (unpaired) electrons. The molecule has 1 unspecified atom stereocenters. The van der Waals surface area contributed by atoms with Gasteiger partial charge in [0.15, 0.2) is 5.78 Å². The van der Waals surface area contributed by atoms with Crippen LogP contribution in [0.3, 0.4) is 0 Å². The molecular formula is C20H21ClN2O. The largest absolute Gasteiger partial charge is 0.317 e. The van der Waals surface area contributed by atoms with Crippen LogP contribution >= 0.6 is 11.6 Å². The highest BCUT2D eigenvalue weighted by molar-refractivity contribution is 6.30. The van der Waals surface area contributed by atoms with Crippen molar-refractivity contribution in [1.82, 2.24) is 4.57 Å². The van der Waals surface area contributed by atoms with Crippen LogP contribution in [-0.4, -0.2) is 16.2 Å². The van der Waals surface area contributed by atoms with Crippen molar-refractivity contribution in [2.45, 2.75) is 39.0 Å². The highest BCUT2D eigenvalue weighted by atomic mass is 35.5. The van der Waals surface area contributed by atoms with E-state index in [0.717, 1.165) is 17.1 Å². The predicted molar refractivity (Wildman–Crippen MR) is 96.0 cm³/mol. The molecule has 124 valence electrons. The van der Waals surface area contributed by atoms with Gasteiger partial charge in [-0.05, 0) is 61.9 Å². The first kappa shape index (κ1) is 16.8. The molecule has 3 nitrogen and oxygen atoms in total. The summed E-state index contributed by atoms with van der Waals surface area (Å²) >= 11 is 5.79. The predicted octanol–water partition coefficient (Wildman–Crippen LogP) is 4.98. The third kappa shape index (κ3) is 2.87. The van der Waals surface area contributed by atoms with Gasteiger partial charge in [0.05, 0.1) is 17.5 Å². The molecule has 2 aromatic rings. The van der Waals surface area contributed by atoms with E-state index in [1.807, 2.05) is 37.3 Å². The summed E-state index contributed by atoms with van der Waals surface area (Å²) in [6.07, 6.45) is 3.79. The molecule has 3 rings (SSSR count). The van der Waals surface area contributed by atoms with E-state index in [4.69, 9.17) is 16.9 Å². The van der Waals surface area contributed by atoms with Crippen LogP contribution in [0.2, 0.25) is 0 Å². The Morgan fingerprint density at radius 2 is 2.04 bits per heavy atom. The Labute approximate surface area is 147 Å². The lowest BCUT2D eigenvalue weighted by molar-refractivity contribution is 0.102. The Hall–Kier alpha value is -2.05. The standard InChI is InChI=1S/C20H21ClN2O/c1-13(16-4-3-5-16)19-10-18(20(24)11-21)14(2)23(19)17-8-6-15(12-22)7-9-17/h6-10,13,16H,3-5,11H2,1-2H3. The number of alkyl halides is 1. The molecule has 0 saturated heterocycles. The molecule has 1 fully saturated rings. The highest BCUT2D eigenvalue weighted by Crippen LogP contribution is 2.41. The number of carbonyl (C=O) groups excluding carboxylic acids is 1. The number of rotatable bonds is 5. The van der Waals surface area contributed by atoms with E-state index in [0.29, 0.717) is 23.0 Å². The van der Waals surface area contributed by atoms with E-state index in [9.17, 15) is 4.79 Å². The maximum Gasteiger partial charge on any atom is 0.179 e. The van der Waals surface area contributed by atoms with Gasteiger partial charge in [0, 0.05) is 22.6 Å². The maximum absolute atomic E-state index is 12.2. The quantitative estimate of drug-likeness (QED) is 0.569. The number of nitrogens with zero attached hydrogens (tertiary/aromatic N) is 2. The molecule has 1 aliphatic carbocycles. The normalized spacial score (nSPS) is 15.6. The Morgan fingerprint density at radius 1 is 1.38 bits per heavy atom. The molecule has 1 atom stereocenters. The lowest BCUT2D eigenvalue weighted by Gasteiger charge is -2.32. The van der Waals surface area contributed by atoms with Gasteiger partial charge in [-0.3, -0.25) is 4.79 Å². The summed E-state index contributed by atoms with van der Waals surface area (Å²) in [5.74, 6) is 1.03. The number of ketones is 1. The second-order valence-corrected chi connectivity index (χ2v) is 6.87. The number of halogens is 1. The van der Waals surface area contributed by atoms with Crippen molar-refractivity contribution in [2.75, 3.05) is 5.88 Å². The SMILES string of the molecule is Cc1c(C(=O)CCl)cc(C(C)C2CCC2)n1-c1ccc(C#N)cc1. The number of Topliss-reactive ketones (excluding diaryl/α,β-unsaturated/α-hetero) is 1. The molecule has 0 bridgehead atoms. The zero-order chi connectivity index (χ0) is 17.3. The Kier molecular flexibility index (Phi) is 4.78. The van der Waals surface area contributed by atoms with Gasteiger partial charge in [-0.15, -0.1) is 11.6 Å². The first-order valence-electron chi connectivity index (χ1n) is 8.38. The molecule has 0 amide bonds. The van der Waals surface area contributed by atoms with Gasteiger partial charge in [0.2, 0.25) is 0 Å². The average molecular weight is 341 g/mol. The zero-order valence-electron chi connectivity index (χ0n) is 14.1. The summed E-state index contributed by atoms with van der Waals surface area (Å²) in [6, 6.07) is 11.7. The molecule has 1 aliphatic rings. The van der Waals surface area contributed by atoms with Crippen molar-refractivity contribution < 1.29 is 4.79 Å². The average Bonchev–Trinajstić information content (AvgIpc) is 2.90. The molecule has 0 spiro atoms. The molecule has 1 aromatic carbocycles. The lowest BCUT2D eigenvalue weighted by Crippen LogP contribution is -2.20. The third-order valence-corrected chi connectivity index (χ3v) is 5.52. The van der Waals surface area contributed by atoms with Crippen LogP contribution in [0.25, 0.3) is 5.69 Å². The first-order valence-corrected chi connectivity index (χ1v) is 8.92. The first-order chi connectivity index (χ1) is 11.6. The van der Waals surface area contributed by atoms with E-state index in [1.54, 1.807) is 0 Å². The minimum Gasteiger partial charge on any atom is -0.317 e. The number of benzene rings is 1. The summed E-state index contributed by atoms with van der Waals surface area (Å²) in [5, 5.41) is 9.00. The third-order valence-electron chi connectivity index (χ3n) is 5.28. The Morgan fingerprint density at radius 3 is 2.54 bits per heavy atom. The van der Waals surface area contributed by atoms with Crippen LogP contribution in [0.4, 0.5) is 0 Å². The van der Waals surface area contributed by atoms with E-state index in [1.165, 1.54) is 19.3 Å². The fourth-order valence-electron chi connectivity index (χ4n) is 3.53. The van der Waals surface area contributed by atoms with Crippen LogP contribution in [0.1, 0.15) is 59.4 Å². The molecule has 4 heteroatoms. The van der Waals surface area contributed by atoms with Gasteiger partial charge < -0.3 is 4.57 Å². The van der Waals surface area contributed by atoms with Gasteiger partial charge in [-0.25, -0.2) is 0 Å². The second kappa shape index (κ2) is 6.83. The molecule has 1 heterocycles. The minimum absolute atomic E-state index is 0.00449. The van der Waals surface area contributed by atoms with Crippen molar-refractivity contribution in [1.29, 1.82) is 5.26 Å². The molecule has 0 aliphatic heterocycles. The van der Waals surface area contributed by atoms with Crippen molar-refractivity contribution >= 4 is 17.4 Å². The van der Waals surface area contributed by atoms with Gasteiger partial charge in [-0.2, -0.15) is 5.26 Å². The van der Waals surface area contributed by atoms with E-state index >= 15 is 0 Å². The fourth-order valence-corrected chi connectivity index (χ4v) is 3.67. The summed E-state index contributed by atoms with van der Waals surface area (Å²) in [6.45, 7) is 4.21. The van der Waals surface area contributed by atoms with Crippen LogP contribution in [0, 0.1) is 24.2 Å². The number of aromatic nitrogens is 1. The monoisotopic (exact) mass is 340 g/mol. The van der Waals surface area contributed by atoms with Crippen LogP contribution < -0.4 is 0 Å². The number of hydrogen-bond acceptors (Lipinski definition) is 2. The fraction of sp³-hybridized carbons (Fsp3) is 0.400.